The minimum atomic E-state index is -1.40. The van der Waals surface area contributed by atoms with Crippen LogP contribution in [-0.4, -0.2) is 203 Å². The molecule has 9 aliphatic rings. The summed E-state index contributed by atoms with van der Waals surface area (Å²) in [4.78, 5) is 44.1. The van der Waals surface area contributed by atoms with Crippen LogP contribution in [0.15, 0.2) is 217 Å². The highest BCUT2D eigenvalue weighted by atomic mass is 16.8. The fraction of sp³-hybridized carbons (Fsp3) is 0.477. The van der Waals surface area contributed by atoms with Gasteiger partial charge >= 0.3 is 17.9 Å². The van der Waals surface area contributed by atoms with E-state index in [-0.39, 0.29) is 57.1 Å². The summed E-state index contributed by atoms with van der Waals surface area (Å²) in [5, 5.41) is 26.8. The summed E-state index contributed by atoms with van der Waals surface area (Å²) in [6.07, 6.45) is -23.3. The van der Waals surface area contributed by atoms with Gasteiger partial charge in [0.05, 0.1) is 67.5 Å². The zero-order chi connectivity index (χ0) is 78.8. The van der Waals surface area contributed by atoms with E-state index in [0.717, 1.165) is 22.3 Å². The van der Waals surface area contributed by atoms with Crippen molar-refractivity contribution >= 4 is 17.9 Å². The topological polar surface area (TPSA) is 325 Å². The van der Waals surface area contributed by atoms with Gasteiger partial charge in [-0.15, -0.1) is 0 Å². The Morgan fingerprint density at radius 2 is 0.754 bits per heavy atom. The van der Waals surface area contributed by atoms with Gasteiger partial charge in [-0.2, -0.15) is 0 Å². The summed E-state index contributed by atoms with van der Waals surface area (Å²) in [5.41, 5.74) is 12.7. The molecule has 9 heterocycles. The molecule has 28 nitrogen and oxygen atoms in total. The van der Waals surface area contributed by atoms with Crippen LogP contribution in [0.5, 0.6) is 0 Å². The predicted molar refractivity (Wildman–Crippen MR) is 400 cm³/mol. The molecule has 2 N–H and O–H groups in total. The van der Waals surface area contributed by atoms with Crippen LogP contribution in [0, 0.1) is 17.8 Å². The summed E-state index contributed by atoms with van der Waals surface area (Å²) in [5.74, 6) is -3.50. The number of esters is 3. The lowest BCUT2D eigenvalue weighted by Crippen LogP contribution is -2.67. The molecule has 14 unspecified atom stereocenters. The van der Waals surface area contributed by atoms with Gasteiger partial charge in [-0.3, -0.25) is 0 Å². The second-order valence-electron chi connectivity index (χ2n) is 29.5. The van der Waals surface area contributed by atoms with Crippen LogP contribution in [0.4, 0.5) is 0 Å². The average molecular weight is 1570 g/mol. The number of hydrogen-bond acceptors (Lipinski definition) is 26. The van der Waals surface area contributed by atoms with Crippen LogP contribution in [0.1, 0.15) is 120 Å². The lowest BCUT2D eigenvalue weighted by molar-refractivity contribution is -0.409. The largest absolute Gasteiger partial charge is 0.453 e. The Labute approximate surface area is 659 Å². The Hall–Kier alpha value is -8.50. The van der Waals surface area contributed by atoms with Crippen LogP contribution in [0.3, 0.4) is 0 Å². The van der Waals surface area contributed by atoms with Crippen molar-refractivity contribution in [2.24, 2.45) is 22.9 Å². The maximum atomic E-state index is 14.6. The standard InChI is InChI=1S/C64H72O19.C22H23N3O6/c1-6-68-63-55(77-57(67)40-24-14-8-15-25-40)53(52-46(75-63)34-71-61(82-52)43-30-20-11-21-31-43)83-64-54(76-56(66)39-22-12-7-13-23-39)49(35(2)38(5)72-64)79-58-37(4)50(51-45(73-58)33-70-60(81-51)42-28-18-10-19-29-42)80-62-47(65)36(3)48-44(74-62)32-69-59(78-48)41-26-16-9-17-27-41;23-25-24-12-11-16-19(30-21(27)14-7-3-1-4-8-14)18(26)20-17(29-16)13-28-22(31-20)15-9-5-2-6-10-15/h7-31,35-38,44-55,58-65H,6,32-34H2,1-5H3;1-10,16-20,22,26H,11-13H2/t35?,36-,37?,38?,44?,45?,46?,47?,48+,49+,50-,51-,52-,53+,54+,55+,58+,59?,60?,61?,62+,63?,64+;16?,17?,18-,19-,20-,22?/m11/s1. The van der Waals surface area contributed by atoms with Crippen molar-refractivity contribution < 1.29 is 119 Å². The molecule has 29 atom stereocenters. The van der Waals surface area contributed by atoms with E-state index in [4.69, 9.17) is 100 Å². The normalized spacial score (nSPS) is 36.4. The monoisotopic (exact) mass is 1570 g/mol. The number of carbonyl (C=O) groups is 3. The molecule has 114 heavy (non-hydrogen) atoms. The van der Waals surface area contributed by atoms with Crippen LogP contribution >= 0.6 is 0 Å². The lowest BCUT2D eigenvalue weighted by Gasteiger charge is -2.53. The number of carbonyl (C=O) groups excluding carboxylic acids is 3. The van der Waals surface area contributed by atoms with Gasteiger partial charge in [0.2, 0.25) is 0 Å². The molecule has 9 aliphatic heterocycles. The van der Waals surface area contributed by atoms with E-state index in [1.807, 2.05) is 149 Å². The lowest BCUT2D eigenvalue weighted by atomic mass is 9.88. The SMILES string of the molecule is CCOC1OC2COC(c3ccccc3)O[C@H]2[C@H](O[C@@H]2OC(C)C(C)[C@H](O[C@@H]3OC4COC(c5ccccc5)O[C@H]4[C@H](O[C@@H]4OC5COC(c6ccccc6)O[C@H]5[C@H](C)C4O)C3C)[C@@H]2OC(=O)c2ccccc2)[C@@H]1OC(=O)c1ccccc1.[N-]=[N+]=NCCC1OC2COC(c3ccccc3)O[C@H]2[C@H](O)[C@@H]1OC(=O)c1ccccc1. The molecule has 0 saturated carbocycles. The van der Waals surface area contributed by atoms with Crippen molar-refractivity contribution in [2.75, 3.05) is 39.6 Å². The number of aliphatic hydroxyl groups is 2. The quantitative estimate of drug-likeness (QED) is 0.0222. The molecule has 0 spiro atoms. The molecule has 9 fully saturated rings. The smallest absolute Gasteiger partial charge is 0.338 e. The van der Waals surface area contributed by atoms with E-state index in [0.29, 0.717) is 5.56 Å². The first-order chi connectivity index (χ1) is 55.7. The minimum absolute atomic E-state index is 0.0608. The molecule has 9 saturated heterocycles. The highest BCUT2D eigenvalue weighted by Gasteiger charge is 2.60. The molecular formula is C86H95N3O25. The van der Waals surface area contributed by atoms with Crippen molar-refractivity contribution in [3.05, 3.63) is 262 Å². The number of ether oxygens (including phenoxy) is 20. The third-order valence-corrected chi connectivity index (χ3v) is 22.1. The summed E-state index contributed by atoms with van der Waals surface area (Å²) < 4.78 is 130. The number of benzene rings is 7. The van der Waals surface area contributed by atoms with Crippen LogP contribution < -0.4 is 0 Å². The molecule has 28 heteroatoms. The van der Waals surface area contributed by atoms with Gasteiger partial charge in [-0.25, -0.2) is 14.4 Å². The van der Waals surface area contributed by atoms with Gasteiger partial charge in [0.15, 0.2) is 68.6 Å². The number of rotatable bonds is 21. The summed E-state index contributed by atoms with van der Waals surface area (Å²) in [6.45, 7) is 10.3. The van der Waals surface area contributed by atoms with Crippen LogP contribution in [0.25, 0.3) is 10.4 Å². The molecule has 0 aromatic heterocycles. The number of fused-ring (bicyclic) bond motifs is 4. The van der Waals surface area contributed by atoms with Crippen molar-refractivity contribution in [3.8, 4) is 0 Å². The van der Waals surface area contributed by atoms with Crippen molar-refractivity contribution in [1.29, 1.82) is 0 Å². The van der Waals surface area contributed by atoms with Crippen molar-refractivity contribution in [3.63, 3.8) is 0 Å². The second-order valence-corrected chi connectivity index (χ2v) is 29.5. The van der Waals surface area contributed by atoms with Gasteiger partial charge < -0.3 is 105 Å². The number of nitrogens with zero attached hydrogens (tertiary/aromatic N) is 3. The number of azide groups is 1. The first-order valence-corrected chi connectivity index (χ1v) is 38.9. The van der Waals surface area contributed by atoms with Gasteiger partial charge in [-0.1, -0.05) is 202 Å². The zero-order valence-corrected chi connectivity index (χ0v) is 63.5. The Morgan fingerprint density at radius 3 is 1.21 bits per heavy atom. The Balaban J connectivity index is 0.000000275. The van der Waals surface area contributed by atoms with Crippen LogP contribution in [-0.2, 0) is 94.7 Å². The summed E-state index contributed by atoms with van der Waals surface area (Å²) in [7, 11) is 0. The fourth-order valence-electron chi connectivity index (χ4n) is 15.9. The second kappa shape index (κ2) is 37.6. The predicted octanol–water partition coefficient (Wildman–Crippen LogP) is 11.3. The number of aliphatic hydroxyl groups excluding tert-OH is 2. The van der Waals surface area contributed by atoms with E-state index in [1.54, 1.807) is 97.9 Å². The van der Waals surface area contributed by atoms with E-state index >= 15 is 0 Å². The van der Waals surface area contributed by atoms with Gasteiger partial charge in [0.25, 0.3) is 0 Å². The Bertz CT molecular complexity index is 4270. The number of hydrogen-bond donors (Lipinski definition) is 2. The molecular weight excluding hydrogens is 1470 g/mol. The molecule has 0 amide bonds. The average Bonchev–Trinajstić information content (AvgIpc) is 0.760. The summed E-state index contributed by atoms with van der Waals surface area (Å²) >= 11 is 0. The molecule has 16 rings (SSSR count). The van der Waals surface area contributed by atoms with Gasteiger partial charge in [0.1, 0.15) is 67.1 Å². The van der Waals surface area contributed by atoms with E-state index in [2.05, 4.69) is 10.0 Å². The van der Waals surface area contributed by atoms with Gasteiger partial charge in [0, 0.05) is 58.1 Å². The Morgan fingerprint density at radius 1 is 0.386 bits per heavy atom. The maximum Gasteiger partial charge on any atom is 0.338 e. The molecule has 0 bridgehead atoms. The van der Waals surface area contributed by atoms with Crippen LogP contribution in [0.2, 0.25) is 0 Å². The molecule has 604 valence electrons. The zero-order valence-electron chi connectivity index (χ0n) is 63.5. The molecule has 7 aromatic carbocycles. The van der Waals surface area contributed by atoms with E-state index in [1.165, 1.54) is 0 Å². The third-order valence-electron chi connectivity index (χ3n) is 22.1. The van der Waals surface area contributed by atoms with Crippen molar-refractivity contribution in [1.82, 2.24) is 0 Å². The first-order valence-electron chi connectivity index (χ1n) is 38.9. The highest BCUT2D eigenvalue weighted by molar-refractivity contribution is 5.90. The fourth-order valence-corrected chi connectivity index (χ4v) is 15.9. The summed E-state index contributed by atoms with van der Waals surface area (Å²) in [6, 6.07) is 63.7. The minimum Gasteiger partial charge on any atom is -0.453 e. The van der Waals surface area contributed by atoms with E-state index < -0.39 is 196 Å². The third kappa shape index (κ3) is 18.3. The van der Waals surface area contributed by atoms with Crippen molar-refractivity contribution in [2.45, 2.75) is 201 Å². The van der Waals surface area contributed by atoms with Gasteiger partial charge in [-0.05, 0) is 62.2 Å². The highest BCUT2D eigenvalue weighted by Crippen LogP contribution is 2.46. The first kappa shape index (κ1) is 80.7. The molecule has 0 aliphatic carbocycles. The molecule has 0 radical (unpaired) electrons. The van der Waals surface area contributed by atoms with E-state index in [9.17, 15) is 24.6 Å². The maximum absolute atomic E-state index is 14.6. The molecule has 7 aromatic rings. The Kier molecular flexibility index (Phi) is 26.6.